The quantitative estimate of drug-likeness (QED) is 0.265. The van der Waals surface area contributed by atoms with E-state index in [1.165, 1.54) is 31.9 Å². The predicted molar refractivity (Wildman–Crippen MR) is 120 cm³/mol. The number of aliphatic imine (C=N–C) groups is 1. The van der Waals surface area contributed by atoms with Crippen LogP contribution in [0.3, 0.4) is 0 Å². The zero-order valence-electron chi connectivity index (χ0n) is 17.8. The average molecular weight is 448 g/mol. The van der Waals surface area contributed by atoms with Crippen molar-refractivity contribution in [1.29, 1.82) is 0 Å². The molecule has 1 aliphatic rings. The van der Waals surface area contributed by atoms with E-state index in [-0.39, 0.29) is 17.4 Å². The average Bonchev–Trinajstić information content (AvgIpc) is 2.78. The molecule has 0 amide bonds. The van der Waals surface area contributed by atoms with Crippen molar-refractivity contribution in [3.8, 4) is 5.75 Å². The van der Waals surface area contributed by atoms with Crippen molar-refractivity contribution in [3.63, 3.8) is 0 Å². The molecule has 0 atom stereocenters. The molecule has 1 aromatic carbocycles. The fraction of sp³-hybridized carbons (Fsp3) is 0.364. The second kappa shape index (κ2) is 9.90. The number of alkyl halides is 3. The van der Waals surface area contributed by atoms with E-state index in [0.29, 0.717) is 22.7 Å². The van der Waals surface area contributed by atoms with Gasteiger partial charge in [-0.2, -0.15) is 13.2 Å². The number of methoxy groups -OCH3 is 1. The van der Waals surface area contributed by atoms with Gasteiger partial charge < -0.3 is 16.2 Å². The molecule has 32 heavy (non-hydrogen) atoms. The number of ether oxygens (including phenoxy) is 1. The Hall–Kier alpha value is -3.27. The first-order valence-corrected chi connectivity index (χ1v) is 10.3. The molecule has 0 spiro atoms. The summed E-state index contributed by atoms with van der Waals surface area (Å²) in [5.74, 6) is 6.53. The summed E-state index contributed by atoms with van der Waals surface area (Å²) in [4.78, 5) is 8.22. The summed E-state index contributed by atoms with van der Waals surface area (Å²) in [6, 6.07) is 7.06. The smallest absolute Gasteiger partial charge is 0.433 e. The summed E-state index contributed by atoms with van der Waals surface area (Å²) in [5, 5.41) is 1.16. The molecule has 3 rings (SSSR count). The Bertz CT molecular complexity index is 1000. The Morgan fingerprint density at radius 2 is 1.94 bits per heavy atom. The van der Waals surface area contributed by atoms with Crippen molar-refractivity contribution in [1.82, 2.24) is 4.98 Å². The van der Waals surface area contributed by atoms with E-state index in [1.807, 2.05) is 0 Å². The van der Waals surface area contributed by atoms with Gasteiger partial charge in [0, 0.05) is 35.8 Å². The molecule has 6 N–H and O–H groups in total. The van der Waals surface area contributed by atoms with E-state index >= 15 is 0 Å². The minimum atomic E-state index is -4.58. The van der Waals surface area contributed by atoms with Crippen LogP contribution in [0.1, 0.15) is 49.1 Å². The molecule has 1 saturated carbocycles. The fourth-order valence-corrected chi connectivity index (χ4v) is 3.53. The Labute approximate surface area is 184 Å². The SMILES string of the molecule is COc1cc(N)c(C=NC2CCCCC2)cc1N(N)/C=C(\N)c1cccc(C(F)(F)F)n1. The third kappa shape index (κ3) is 5.70. The number of hydrogen-bond donors (Lipinski definition) is 3. The summed E-state index contributed by atoms with van der Waals surface area (Å²) in [7, 11) is 1.46. The second-order valence-electron chi connectivity index (χ2n) is 7.62. The van der Waals surface area contributed by atoms with Gasteiger partial charge in [-0.25, -0.2) is 10.8 Å². The molecule has 0 bridgehead atoms. The molecule has 7 nitrogen and oxygen atoms in total. The van der Waals surface area contributed by atoms with Crippen LogP contribution in [0.4, 0.5) is 24.5 Å². The Kier molecular flexibility index (Phi) is 7.24. The molecule has 0 saturated heterocycles. The normalized spacial score (nSPS) is 15.8. The maximum Gasteiger partial charge on any atom is 0.433 e. The summed E-state index contributed by atoms with van der Waals surface area (Å²) in [5.41, 5.74) is 12.5. The summed E-state index contributed by atoms with van der Waals surface area (Å²) in [6.45, 7) is 0. The van der Waals surface area contributed by atoms with Crippen LogP contribution >= 0.6 is 0 Å². The topological polar surface area (TPSA) is 116 Å². The number of nitrogens with two attached hydrogens (primary N) is 3. The largest absolute Gasteiger partial charge is 0.494 e. The zero-order valence-corrected chi connectivity index (χ0v) is 17.8. The number of aromatic nitrogens is 1. The van der Waals surface area contributed by atoms with E-state index in [0.717, 1.165) is 36.8 Å². The minimum absolute atomic E-state index is 0.0464. The van der Waals surface area contributed by atoms with Gasteiger partial charge in [-0.15, -0.1) is 0 Å². The molecule has 1 heterocycles. The lowest BCUT2D eigenvalue weighted by molar-refractivity contribution is -0.141. The van der Waals surface area contributed by atoms with Crippen molar-refractivity contribution in [2.75, 3.05) is 17.9 Å². The maximum absolute atomic E-state index is 12.9. The first-order chi connectivity index (χ1) is 15.2. The number of benzene rings is 1. The molecule has 1 aromatic heterocycles. The summed E-state index contributed by atoms with van der Waals surface area (Å²) < 4.78 is 44.2. The highest BCUT2D eigenvalue weighted by Gasteiger charge is 2.32. The Morgan fingerprint density at radius 1 is 1.22 bits per heavy atom. The summed E-state index contributed by atoms with van der Waals surface area (Å²) >= 11 is 0. The monoisotopic (exact) mass is 448 g/mol. The molecule has 10 heteroatoms. The highest BCUT2D eigenvalue weighted by atomic mass is 19.4. The first-order valence-electron chi connectivity index (χ1n) is 10.3. The molecule has 2 aromatic rings. The van der Waals surface area contributed by atoms with E-state index < -0.39 is 11.9 Å². The first kappa shape index (κ1) is 23.4. The van der Waals surface area contributed by atoms with Gasteiger partial charge in [-0.1, -0.05) is 25.3 Å². The van der Waals surface area contributed by atoms with Crippen LogP contribution < -0.4 is 27.1 Å². The van der Waals surface area contributed by atoms with Crippen LogP contribution in [-0.4, -0.2) is 24.4 Å². The van der Waals surface area contributed by atoms with Crippen LogP contribution in [0, 0.1) is 0 Å². The molecular formula is C22H27F3N6O. The van der Waals surface area contributed by atoms with E-state index in [9.17, 15) is 13.2 Å². The minimum Gasteiger partial charge on any atom is -0.494 e. The van der Waals surface area contributed by atoms with Gasteiger partial charge in [-0.05, 0) is 31.0 Å². The number of hydrogen-bond acceptors (Lipinski definition) is 7. The number of rotatable bonds is 6. The van der Waals surface area contributed by atoms with Crippen molar-refractivity contribution in [3.05, 3.63) is 53.5 Å². The van der Waals surface area contributed by atoms with Gasteiger partial charge in [-0.3, -0.25) is 10.0 Å². The van der Waals surface area contributed by atoms with Gasteiger partial charge >= 0.3 is 6.18 Å². The lowest BCUT2D eigenvalue weighted by Crippen LogP contribution is -2.26. The number of pyridine rings is 1. The highest BCUT2D eigenvalue weighted by molar-refractivity contribution is 5.90. The number of nitrogen functional groups attached to an aromatic ring is 1. The fourth-order valence-electron chi connectivity index (χ4n) is 3.53. The van der Waals surface area contributed by atoms with Gasteiger partial charge in [0.05, 0.1) is 24.2 Å². The van der Waals surface area contributed by atoms with Crippen molar-refractivity contribution < 1.29 is 17.9 Å². The van der Waals surface area contributed by atoms with Gasteiger partial charge in [0.2, 0.25) is 0 Å². The van der Waals surface area contributed by atoms with Crippen LogP contribution in [-0.2, 0) is 6.18 Å². The van der Waals surface area contributed by atoms with Crippen LogP contribution in [0.25, 0.3) is 5.70 Å². The number of halogens is 3. The maximum atomic E-state index is 12.9. The number of nitrogens with zero attached hydrogens (tertiary/aromatic N) is 3. The molecular weight excluding hydrogens is 421 g/mol. The molecule has 1 aliphatic carbocycles. The third-order valence-corrected chi connectivity index (χ3v) is 5.28. The lowest BCUT2D eigenvalue weighted by Gasteiger charge is -2.20. The lowest BCUT2D eigenvalue weighted by atomic mass is 9.96. The second-order valence-corrected chi connectivity index (χ2v) is 7.62. The van der Waals surface area contributed by atoms with Crippen LogP contribution in [0.15, 0.2) is 41.5 Å². The van der Waals surface area contributed by atoms with Gasteiger partial charge in [0.15, 0.2) is 0 Å². The van der Waals surface area contributed by atoms with Gasteiger partial charge in [0.1, 0.15) is 11.4 Å². The van der Waals surface area contributed by atoms with Crippen molar-refractivity contribution in [2.45, 2.75) is 44.3 Å². The Balaban J connectivity index is 1.89. The van der Waals surface area contributed by atoms with Gasteiger partial charge in [0.25, 0.3) is 0 Å². The number of hydrazine groups is 1. The standard InChI is InChI=1S/C22H27F3N6O/c1-32-20-11-16(26)14(12-29-15-6-3-2-4-7-15)10-19(20)31(28)13-17(27)18-8-5-9-21(30-18)22(23,24)25/h5,8-13,15H,2-4,6-7,26-28H2,1H3/b17-13-,29-12?. The van der Waals surface area contributed by atoms with E-state index in [1.54, 1.807) is 18.3 Å². The predicted octanol–water partition coefficient (Wildman–Crippen LogP) is 4.08. The van der Waals surface area contributed by atoms with E-state index in [4.69, 9.17) is 22.0 Å². The van der Waals surface area contributed by atoms with Crippen molar-refractivity contribution >= 4 is 23.3 Å². The van der Waals surface area contributed by atoms with Crippen LogP contribution in [0.5, 0.6) is 5.75 Å². The number of anilines is 2. The third-order valence-electron chi connectivity index (χ3n) is 5.28. The molecule has 0 radical (unpaired) electrons. The van der Waals surface area contributed by atoms with E-state index in [2.05, 4.69) is 9.98 Å². The van der Waals surface area contributed by atoms with Crippen LogP contribution in [0.2, 0.25) is 0 Å². The Morgan fingerprint density at radius 3 is 2.59 bits per heavy atom. The van der Waals surface area contributed by atoms with Crippen molar-refractivity contribution in [2.24, 2.45) is 16.6 Å². The summed E-state index contributed by atoms with van der Waals surface area (Å²) in [6.07, 6.45) is 4.08. The highest BCUT2D eigenvalue weighted by Crippen LogP contribution is 2.33. The zero-order chi connectivity index (χ0) is 23.3. The molecule has 1 fully saturated rings. The molecule has 172 valence electrons. The molecule has 0 aliphatic heterocycles. The molecule has 0 unspecified atom stereocenters.